The van der Waals surface area contributed by atoms with E-state index in [1.54, 1.807) is 0 Å². The lowest BCUT2D eigenvalue weighted by Crippen LogP contribution is -2.15. The fourth-order valence-corrected chi connectivity index (χ4v) is 1.09. The quantitative estimate of drug-likeness (QED) is 0.729. The van der Waals surface area contributed by atoms with E-state index in [9.17, 15) is 0 Å². The van der Waals surface area contributed by atoms with Crippen LogP contribution in [-0.4, -0.2) is 30.6 Å². The summed E-state index contributed by atoms with van der Waals surface area (Å²) in [4.78, 5) is 10.5. The molecule has 72 valence electrons. The Morgan fingerprint density at radius 1 is 1.38 bits per heavy atom. The Balaban J connectivity index is 2.96. The van der Waals surface area contributed by atoms with Gasteiger partial charge in [-0.2, -0.15) is 0 Å². The van der Waals surface area contributed by atoms with Crippen LogP contribution < -0.4 is 10.6 Å². The molecule has 0 spiro atoms. The van der Waals surface area contributed by atoms with Crippen LogP contribution in [0.4, 0.5) is 5.95 Å². The van der Waals surface area contributed by atoms with Crippen LogP contribution in [0.1, 0.15) is 11.4 Å². The molecule has 0 aliphatic carbocycles. The highest BCUT2D eigenvalue weighted by molar-refractivity contribution is 5.29. The number of anilines is 1. The van der Waals surface area contributed by atoms with Gasteiger partial charge in [0.25, 0.3) is 0 Å². The molecule has 1 aromatic heterocycles. The number of rotatable bonds is 3. The molecule has 0 saturated carbocycles. The van der Waals surface area contributed by atoms with Crippen molar-refractivity contribution in [1.29, 1.82) is 0 Å². The van der Waals surface area contributed by atoms with Gasteiger partial charge in [0.05, 0.1) is 0 Å². The first-order valence-corrected chi connectivity index (χ1v) is 4.35. The van der Waals surface area contributed by atoms with E-state index in [-0.39, 0.29) is 0 Å². The largest absolute Gasteiger partial charge is 0.347 e. The van der Waals surface area contributed by atoms with Gasteiger partial charge in [-0.25, -0.2) is 9.97 Å². The van der Waals surface area contributed by atoms with Crippen molar-refractivity contribution in [2.75, 3.05) is 25.5 Å². The smallest absolute Gasteiger partial charge is 0.225 e. The van der Waals surface area contributed by atoms with Crippen molar-refractivity contribution in [3.05, 3.63) is 17.5 Å². The number of aryl methyl sites for hydroxylation is 1. The van der Waals surface area contributed by atoms with E-state index in [0.717, 1.165) is 23.8 Å². The molecule has 1 heterocycles. The molecular formula is C9H16N4. The Kier molecular flexibility index (Phi) is 3.19. The first-order valence-electron chi connectivity index (χ1n) is 4.35. The summed E-state index contributed by atoms with van der Waals surface area (Å²) >= 11 is 0. The van der Waals surface area contributed by atoms with Gasteiger partial charge < -0.3 is 10.6 Å². The van der Waals surface area contributed by atoms with Crippen LogP contribution in [0.25, 0.3) is 0 Å². The normalized spacial score (nSPS) is 10.2. The van der Waals surface area contributed by atoms with Crippen molar-refractivity contribution in [2.24, 2.45) is 5.73 Å². The third-order valence-corrected chi connectivity index (χ3v) is 1.70. The molecule has 0 bridgehead atoms. The number of hydrogen-bond donors (Lipinski definition) is 1. The van der Waals surface area contributed by atoms with E-state index in [2.05, 4.69) is 9.97 Å². The molecule has 13 heavy (non-hydrogen) atoms. The summed E-state index contributed by atoms with van der Waals surface area (Å²) in [6.45, 7) is 2.60. The molecule has 1 aromatic rings. The van der Waals surface area contributed by atoms with Gasteiger partial charge in [0.15, 0.2) is 0 Å². The molecular weight excluding hydrogens is 164 g/mol. The van der Waals surface area contributed by atoms with E-state index in [4.69, 9.17) is 5.73 Å². The zero-order valence-electron chi connectivity index (χ0n) is 8.41. The fourth-order valence-electron chi connectivity index (χ4n) is 1.09. The predicted molar refractivity (Wildman–Crippen MR) is 53.9 cm³/mol. The van der Waals surface area contributed by atoms with E-state index >= 15 is 0 Å². The van der Waals surface area contributed by atoms with Crippen LogP contribution in [0, 0.1) is 6.92 Å². The predicted octanol–water partition coefficient (Wildman–Crippen LogP) is 0.352. The van der Waals surface area contributed by atoms with E-state index in [1.165, 1.54) is 0 Å². The minimum absolute atomic E-state index is 0.628. The van der Waals surface area contributed by atoms with Crippen molar-refractivity contribution in [2.45, 2.75) is 13.3 Å². The minimum Gasteiger partial charge on any atom is -0.347 e. The monoisotopic (exact) mass is 180 g/mol. The summed E-state index contributed by atoms with van der Waals surface area (Å²) in [6, 6.07) is 1.97. The summed E-state index contributed by atoms with van der Waals surface area (Å²) in [6.07, 6.45) is 0.810. The highest BCUT2D eigenvalue weighted by Gasteiger charge is 2.02. The van der Waals surface area contributed by atoms with E-state index < -0.39 is 0 Å². The van der Waals surface area contributed by atoms with Crippen LogP contribution in [0.3, 0.4) is 0 Å². The highest BCUT2D eigenvalue weighted by Crippen LogP contribution is 2.07. The third-order valence-electron chi connectivity index (χ3n) is 1.70. The van der Waals surface area contributed by atoms with Gasteiger partial charge >= 0.3 is 0 Å². The van der Waals surface area contributed by atoms with E-state index in [1.807, 2.05) is 32.0 Å². The van der Waals surface area contributed by atoms with Gasteiger partial charge in [-0.15, -0.1) is 0 Å². The number of hydrogen-bond acceptors (Lipinski definition) is 4. The van der Waals surface area contributed by atoms with Crippen LogP contribution in [0.15, 0.2) is 6.07 Å². The SMILES string of the molecule is Cc1cc(CCN)nc(N(C)C)n1. The Morgan fingerprint density at radius 2 is 2.08 bits per heavy atom. The zero-order valence-corrected chi connectivity index (χ0v) is 8.41. The zero-order chi connectivity index (χ0) is 9.84. The number of aromatic nitrogens is 2. The summed E-state index contributed by atoms with van der Waals surface area (Å²) < 4.78 is 0. The van der Waals surface area contributed by atoms with Crippen molar-refractivity contribution < 1.29 is 0 Å². The van der Waals surface area contributed by atoms with Crippen LogP contribution >= 0.6 is 0 Å². The Morgan fingerprint density at radius 3 is 2.62 bits per heavy atom. The van der Waals surface area contributed by atoms with Crippen LogP contribution in [-0.2, 0) is 6.42 Å². The van der Waals surface area contributed by atoms with Crippen LogP contribution in [0.2, 0.25) is 0 Å². The standard InChI is InChI=1S/C9H16N4/c1-7-6-8(4-5-10)12-9(11-7)13(2)3/h6H,4-5,10H2,1-3H3. The average molecular weight is 180 g/mol. The van der Waals surface area contributed by atoms with Gasteiger partial charge in [0, 0.05) is 31.9 Å². The maximum Gasteiger partial charge on any atom is 0.225 e. The molecule has 4 heteroatoms. The molecule has 0 fully saturated rings. The number of nitrogens with two attached hydrogens (primary N) is 1. The van der Waals surface area contributed by atoms with Gasteiger partial charge in [0.1, 0.15) is 0 Å². The molecule has 0 aliphatic heterocycles. The average Bonchev–Trinajstić information content (AvgIpc) is 2.03. The molecule has 2 N–H and O–H groups in total. The van der Waals surface area contributed by atoms with Crippen molar-refractivity contribution in [1.82, 2.24) is 9.97 Å². The summed E-state index contributed by atoms with van der Waals surface area (Å²) in [5, 5.41) is 0. The maximum absolute atomic E-state index is 5.46. The Hall–Kier alpha value is -1.16. The lowest BCUT2D eigenvalue weighted by molar-refractivity contribution is 0.879. The third kappa shape index (κ3) is 2.66. The Bertz CT molecular complexity index is 283. The van der Waals surface area contributed by atoms with E-state index in [0.29, 0.717) is 6.54 Å². The molecule has 0 aromatic carbocycles. The van der Waals surface area contributed by atoms with Gasteiger partial charge in [-0.3, -0.25) is 0 Å². The second-order valence-electron chi connectivity index (χ2n) is 3.23. The molecule has 4 nitrogen and oxygen atoms in total. The number of nitrogens with zero attached hydrogens (tertiary/aromatic N) is 3. The lowest BCUT2D eigenvalue weighted by Gasteiger charge is -2.11. The first-order chi connectivity index (χ1) is 6.13. The summed E-state index contributed by atoms with van der Waals surface area (Å²) in [7, 11) is 3.86. The summed E-state index contributed by atoms with van der Waals surface area (Å²) in [5.41, 5.74) is 7.46. The first kappa shape index (κ1) is 9.92. The van der Waals surface area contributed by atoms with Crippen molar-refractivity contribution in [3.8, 4) is 0 Å². The summed E-state index contributed by atoms with van der Waals surface area (Å²) in [5.74, 6) is 0.753. The molecule has 0 atom stereocenters. The molecule has 1 rings (SSSR count). The molecule has 0 radical (unpaired) electrons. The second-order valence-corrected chi connectivity index (χ2v) is 3.23. The molecule has 0 amide bonds. The maximum atomic E-state index is 5.46. The minimum atomic E-state index is 0.628. The van der Waals surface area contributed by atoms with Crippen LogP contribution in [0.5, 0.6) is 0 Å². The highest BCUT2D eigenvalue weighted by atomic mass is 15.2. The van der Waals surface area contributed by atoms with Crippen molar-refractivity contribution in [3.63, 3.8) is 0 Å². The lowest BCUT2D eigenvalue weighted by atomic mass is 10.2. The molecule has 0 unspecified atom stereocenters. The fraction of sp³-hybridized carbons (Fsp3) is 0.556. The van der Waals surface area contributed by atoms with Gasteiger partial charge in [-0.1, -0.05) is 0 Å². The van der Waals surface area contributed by atoms with Gasteiger partial charge in [0.2, 0.25) is 5.95 Å². The van der Waals surface area contributed by atoms with Gasteiger partial charge in [-0.05, 0) is 19.5 Å². The molecule has 0 aliphatic rings. The van der Waals surface area contributed by atoms with Crippen molar-refractivity contribution >= 4 is 5.95 Å². The second kappa shape index (κ2) is 4.18. The topological polar surface area (TPSA) is 55.0 Å². The Labute approximate surface area is 78.8 Å². The molecule has 0 saturated heterocycles.